The number of hydrogen-bond donors (Lipinski definition) is 1. The van der Waals surface area contributed by atoms with Gasteiger partial charge in [-0.3, -0.25) is 9.69 Å². The second-order valence-electron chi connectivity index (χ2n) is 4.15. The highest BCUT2D eigenvalue weighted by molar-refractivity contribution is 5.71. The molecule has 1 rings (SSSR count). The van der Waals surface area contributed by atoms with E-state index in [4.69, 9.17) is 9.84 Å². The molecule has 0 aromatic heterocycles. The Morgan fingerprint density at radius 1 is 1.53 bits per heavy atom. The van der Waals surface area contributed by atoms with Crippen molar-refractivity contribution in [2.24, 2.45) is 5.92 Å². The highest BCUT2D eigenvalue weighted by Crippen LogP contribution is 2.32. The zero-order valence-corrected chi connectivity index (χ0v) is 9.54. The minimum atomic E-state index is -4.70. The summed E-state index contributed by atoms with van der Waals surface area (Å²) in [5, 5.41) is 8.61. The molecule has 1 aliphatic carbocycles. The number of hydrogen-bond acceptors (Lipinski definition) is 3. The Morgan fingerprint density at radius 3 is 2.47 bits per heavy atom. The monoisotopic (exact) mass is 255 g/mol. The molecule has 0 aromatic rings. The summed E-state index contributed by atoms with van der Waals surface area (Å²) >= 11 is 0. The third kappa shape index (κ3) is 4.51. The SMILES string of the molecule is COCCN(CC(C(=O)O)C(F)(F)F)C1CC1. The van der Waals surface area contributed by atoms with Gasteiger partial charge >= 0.3 is 12.1 Å². The smallest absolute Gasteiger partial charge is 0.403 e. The molecule has 0 spiro atoms. The molecule has 0 aromatic carbocycles. The number of carbonyl (C=O) groups is 1. The minimum absolute atomic E-state index is 0.0781. The van der Waals surface area contributed by atoms with Crippen molar-refractivity contribution in [3.63, 3.8) is 0 Å². The van der Waals surface area contributed by atoms with Crippen molar-refractivity contribution in [1.29, 1.82) is 0 Å². The van der Waals surface area contributed by atoms with E-state index in [1.165, 1.54) is 7.11 Å². The second kappa shape index (κ2) is 5.68. The van der Waals surface area contributed by atoms with Crippen molar-refractivity contribution in [3.8, 4) is 0 Å². The molecule has 17 heavy (non-hydrogen) atoms. The van der Waals surface area contributed by atoms with Crippen LogP contribution in [-0.4, -0.2) is 55.0 Å². The number of carboxylic acid groups (broad SMARTS) is 1. The number of methoxy groups -OCH3 is 1. The van der Waals surface area contributed by atoms with Crippen molar-refractivity contribution >= 4 is 5.97 Å². The van der Waals surface area contributed by atoms with E-state index in [9.17, 15) is 18.0 Å². The van der Waals surface area contributed by atoms with Gasteiger partial charge in [0.25, 0.3) is 0 Å². The van der Waals surface area contributed by atoms with Crippen LogP contribution in [0.3, 0.4) is 0 Å². The first-order valence-corrected chi connectivity index (χ1v) is 5.38. The van der Waals surface area contributed by atoms with Crippen LogP contribution in [0.1, 0.15) is 12.8 Å². The summed E-state index contributed by atoms with van der Waals surface area (Å²) in [5.74, 6) is -4.14. The molecule has 1 fully saturated rings. The number of carboxylic acids is 1. The van der Waals surface area contributed by atoms with Crippen molar-refractivity contribution in [2.45, 2.75) is 25.1 Å². The van der Waals surface area contributed by atoms with Gasteiger partial charge in [0.2, 0.25) is 0 Å². The van der Waals surface area contributed by atoms with Gasteiger partial charge in [-0.25, -0.2) is 0 Å². The fourth-order valence-corrected chi connectivity index (χ4v) is 1.63. The summed E-state index contributed by atoms with van der Waals surface area (Å²) in [6.07, 6.45) is -3.05. The van der Waals surface area contributed by atoms with Gasteiger partial charge < -0.3 is 9.84 Å². The molecule has 0 aliphatic heterocycles. The van der Waals surface area contributed by atoms with E-state index in [2.05, 4.69) is 0 Å². The van der Waals surface area contributed by atoms with E-state index < -0.39 is 24.6 Å². The molecule has 7 heteroatoms. The number of alkyl halides is 3. The van der Waals surface area contributed by atoms with E-state index in [1.54, 1.807) is 4.90 Å². The van der Waals surface area contributed by atoms with Crippen LogP contribution in [0.4, 0.5) is 13.2 Å². The van der Waals surface area contributed by atoms with E-state index in [0.717, 1.165) is 12.8 Å². The lowest BCUT2D eigenvalue weighted by Gasteiger charge is -2.26. The highest BCUT2D eigenvalue weighted by atomic mass is 19.4. The van der Waals surface area contributed by atoms with E-state index in [0.29, 0.717) is 13.2 Å². The molecular weight excluding hydrogens is 239 g/mol. The fraction of sp³-hybridized carbons (Fsp3) is 0.900. The van der Waals surface area contributed by atoms with Crippen LogP contribution in [0, 0.1) is 5.92 Å². The van der Waals surface area contributed by atoms with Gasteiger partial charge in [0, 0.05) is 26.2 Å². The lowest BCUT2D eigenvalue weighted by atomic mass is 10.1. The molecule has 0 heterocycles. The van der Waals surface area contributed by atoms with Gasteiger partial charge in [0.05, 0.1) is 6.61 Å². The molecule has 4 nitrogen and oxygen atoms in total. The van der Waals surface area contributed by atoms with E-state index >= 15 is 0 Å². The van der Waals surface area contributed by atoms with Crippen LogP contribution in [0.15, 0.2) is 0 Å². The Labute approximate surface area is 97.3 Å². The standard InChI is InChI=1S/C10H16F3NO3/c1-17-5-4-14(7-2-3-7)6-8(9(15)16)10(11,12)13/h7-8H,2-6H2,1H3,(H,15,16). The summed E-state index contributed by atoms with van der Waals surface area (Å²) in [6.45, 7) is 0.147. The van der Waals surface area contributed by atoms with Crippen LogP contribution < -0.4 is 0 Å². The summed E-state index contributed by atoms with van der Waals surface area (Å²) in [5.41, 5.74) is 0. The zero-order chi connectivity index (χ0) is 13.1. The highest BCUT2D eigenvalue weighted by Gasteiger charge is 2.47. The second-order valence-corrected chi connectivity index (χ2v) is 4.15. The Kier molecular flexibility index (Phi) is 4.76. The molecule has 1 N–H and O–H groups in total. The van der Waals surface area contributed by atoms with E-state index in [1.807, 2.05) is 0 Å². The van der Waals surface area contributed by atoms with Crippen LogP contribution >= 0.6 is 0 Å². The lowest BCUT2D eigenvalue weighted by Crippen LogP contribution is -2.43. The number of ether oxygens (including phenoxy) is 1. The van der Waals surface area contributed by atoms with Gasteiger partial charge in [-0.15, -0.1) is 0 Å². The average molecular weight is 255 g/mol. The first-order chi connectivity index (χ1) is 7.86. The summed E-state index contributed by atoms with van der Waals surface area (Å²) in [6, 6.07) is 0.0781. The lowest BCUT2D eigenvalue weighted by molar-refractivity contribution is -0.197. The molecule has 100 valence electrons. The first-order valence-electron chi connectivity index (χ1n) is 5.38. The molecule has 1 unspecified atom stereocenters. The van der Waals surface area contributed by atoms with Crippen LogP contribution in [0.5, 0.6) is 0 Å². The van der Waals surface area contributed by atoms with Gasteiger partial charge in [0.1, 0.15) is 0 Å². The maximum absolute atomic E-state index is 12.5. The molecule has 1 aliphatic rings. The van der Waals surface area contributed by atoms with Crippen LogP contribution in [0.25, 0.3) is 0 Å². The van der Waals surface area contributed by atoms with Gasteiger partial charge in [-0.05, 0) is 12.8 Å². The van der Waals surface area contributed by atoms with Crippen molar-refractivity contribution < 1.29 is 27.8 Å². The first kappa shape index (κ1) is 14.2. The normalized spacial score (nSPS) is 18.4. The van der Waals surface area contributed by atoms with Gasteiger partial charge in [0.15, 0.2) is 5.92 Å². The summed E-state index contributed by atoms with van der Waals surface area (Å²) in [4.78, 5) is 12.2. The molecule has 0 saturated heterocycles. The number of halogens is 3. The van der Waals surface area contributed by atoms with E-state index in [-0.39, 0.29) is 6.04 Å². The van der Waals surface area contributed by atoms with Gasteiger partial charge in [-0.1, -0.05) is 0 Å². The molecule has 0 radical (unpaired) electrons. The Hall–Kier alpha value is -0.820. The van der Waals surface area contributed by atoms with Crippen LogP contribution in [-0.2, 0) is 9.53 Å². The number of aliphatic carboxylic acids is 1. The number of rotatable bonds is 7. The molecule has 0 amide bonds. The minimum Gasteiger partial charge on any atom is -0.481 e. The third-order valence-electron chi connectivity index (χ3n) is 2.76. The van der Waals surface area contributed by atoms with Crippen LogP contribution in [0.2, 0.25) is 0 Å². The molecule has 0 bridgehead atoms. The Morgan fingerprint density at radius 2 is 2.12 bits per heavy atom. The molecule has 1 saturated carbocycles. The Bertz CT molecular complexity index is 266. The third-order valence-corrected chi connectivity index (χ3v) is 2.76. The fourth-order valence-electron chi connectivity index (χ4n) is 1.63. The quantitative estimate of drug-likeness (QED) is 0.746. The predicted molar refractivity (Wildman–Crippen MR) is 53.7 cm³/mol. The predicted octanol–water partition coefficient (Wildman–Crippen LogP) is 1.36. The largest absolute Gasteiger partial charge is 0.481 e. The number of nitrogens with zero attached hydrogens (tertiary/aromatic N) is 1. The van der Waals surface area contributed by atoms with Crippen molar-refractivity contribution in [1.82, 2.24) is 4.90 Å². The molecule has 1 atom stereocenters. The summed E-state index contributed by atoms with van der Waals surface area (Å²) in [7, 11) is 1.46. The zero-order valence-electron chi connectivity index (χ0n) is 9.54. The maximum atomic E-state index is 12.5. The Balaban J connectivity index is 2.59. The van der Waals surface area contributed by atoms with Crippen molar-refractivity contribution in [2.75, 3.05) is 26.8 Å². The van der Waals surface area contributed by atoms with Crippen molar-refractivity contribution in [3.05, 3.63) is 0 Å². The topological polar surface area (TPSA) is 49.8 Å². The molecular formula is C10H16F3NO3. The maximum Gasteiger partial charge on any atom is 0.403 e. The average Bonchev–Trinajstić information content (AvgIpc) is 2.99. The summed E-state index contributed by atoms with van der Waals surface area (Å²) < 4.78 is 42.3. The van der Waals surface area contributed by atoms with Gasteiger partial charge in [-0.2, -0.15) is 13.2 Å².